The summed E-state index contributed by atoms with van der Waals surface area (Å²) in [6.07, 6.45) is 1.06. The molecule has 0 amide bonds. The number of hydrogen-bond acceptors (Lipinski definition) is 4. The Morgan fingerprint density at radius 1 is 0.625 bits per heavy atom. The molecule has 3 aliphatic rings. The first-order valence-corrected chi connectivity index (χ1v) is 11.3. The molecular weight excluding hydrogens is 400 g/mol. The van der Waals surface area contributed by atoms with Crippen LogP contribution < -0.4 is 0 Å². The Morgan fingerprint density at radius 2 is 1.16 bits per heavy atom. The van der Waals surface area contributed by atoms with Gasteiger partial charge in [-0.05, 0) is 60.1 Å². The predicted molar refractivity (Wildman–Crippen MR) is 119 cm³/mol. The predicted octanol–water partition coefficient (Wildman–Crippen LogP) is 5.04. The Labute approximate surface area is 187 Å². The van der Waals surface area contributed by atoms with Gasteiger partial charge in [0.25, 0.3) is 0 Å². The van der Waals surface area contributed by atoms with Crippen molar-refractivity contribution in [3.05, 3.63) is 107 Å². The smallest absolute Gasteiger partial charge is 0.338 e. The normalized spacial score (nSPS) is 29.2. The minimum Gasteiger partial charge on any atom is -0.455 e. The zero-order chi connectivity index (χ0) is 21.7. The summed E-state index contributed by atoms with van der Waals surface area (Å²) in [6.45, 7) is 0. The molecule has 32 heavy (non-hydrogen) atoms. The van der Waals surface area contributed by atoms with Crippen molar-refractivity contribution in [3.8, 4) is 0 Å². The van der Waals surface area contributed by atoms with Gasteiger partial charge in [-0.3, -0.25) is 0 Å². The van der Waals surface area contributed by atoms with E-state index in [1.807, 2.05) is 36.4 Å². The van der Waals surface area contributed by atoms with Crippen LogP contribution in [0.2, 0.25) is 0 Å². The molecule has 3 aromatic rings. The van der Waals surface area contributed by atoms with E-state index in [0.29, 0.717) is 23.0 Å². The summed E-state index contributed by atoms with van der Waals surface area (Å²) < 4.78 is 12.2. The standard InChI is InChI=1S/C28H24O4/c29-27(17-9-3-1-4-10-17)31-25-22-16-23(24-20-14-8-7-13-19(20)15-21(22)24)26(25)32-28(30)18-11-5-2-6-12-18/h1-14,21-26H,15-16H2/t21-,22+,23-,24-,25+,26-/m0/s1. The molecule has 0 N–H and O–H groups in total. The molecule has 0 radical (unpaired) electrons. The second kappa shape index (κ2) is 7.63. The molecule has 6 rings (SSSR count). The third kappa shape index (κ3) is 3.05. The Hall–Kier alpha value is -3.40. The van der Waals surface area contributed by atoms with Gasteiger partial charge >= 0.3 is 11.9 Å². The Morgan fingerprint density at radius 3 is 1.78 bits per heavy atom. The summed E-state index contributed by atoms with van der Waals surface area (Å²) in [5.41, 5.74) is 3.79. The van der Waals surface area contributed by atoms with Crippen molar-refractivity contribution in [3.63, 3.8) is 0 Å². The molecule has 2 bridgehead atoms. The summed E-state index contributed by atoms with van der Waals surface area (Å²) in [7, 11) is 0. The fourth-order valence-corrected chi connectivity index (χ4v) is 6.30. The molecule has 3 aliphatic carbocycles. The summed E-state index contributed by atoms with van der Waals surface area (Å²) in [5, 5.41) is 0. The Kier molecular flexibility index (Phi) is 4.60. The third-order valence-electron chi connectivity index (χ3n) is 7.56. The van der Waals surface area contributed by atoms with Crippen LogP contribution in [0.15, 0.2) is 84.9 Å². The van der Waals surface area contributed by atoms with Gasteiger partial charge in [0.1, 0.15) is 12.2 Å². The van der Waals surface area contributed by atoms with E-state index in [1.54, 1.807) is 24.3 Å². The fourth-order valence-electron chi connectivity index (χ4n) is 6.30. The first kappa shape index (κ1) is 19.3. The lowest BCUT2D eigenvalue weighted by Gasteiger charge is -2.37. The van der Waals surface area contributed by atoms with Crippen LogP contribution in [0, 0.1) is 17.8 Å². The number of benzene rings is 3. The number of ether oxygens (including phenoxy) is 2. The first-order valence-electron chi connectivity index (χ1n) is 11.3. The summed E-state index contributed by atoms with van der Waals surface area (Å²) in [6, 6.07) is 26.7. The molecule has 6 atom stereocenters. The van der Waals surface area contributed by atoms with E-state index in [1.165, 1.54) is 11.1 Å². The maximum atomic E-state index is 13.0. The van der Waals surface area contributed by atoms with Crippen molar-refractivity contribution in [2.75, 3.05) is 0 Å². The highest BCUT2D eigenvalue weighted by Crippen LogP contribution is 2.62. The maximum absolute atomic E-state index is 13.0. The number of carbonyl (C=O) groups is 2. The topological polar surface area (TPSA) is 52.6 Å². The molecule has 2 saturated carbocycles. The van der Waals surface area contributed by atoms with E-state index in [0.717, 1.165) is 12.8 Å². The number of rotatable bonds is 4. The van der Waals surface area contributed by atoms with E-state index >= 15 is 0 Å². The minimum atomic E-state index is -0.437. The van der Waals surface area contributed by atoms with Gasteiger partial charge in [0.15, 0.2) is 0 Å². The van der Waals surface area contributed by atoms with Gasteiger partial charge in [-0.2, -0.15) is 0 Å². The lowest BCUT2D eigenvalue weighted by molar-refractivity contribution is -0.0698. The molecule has 3 aromatic carbocycles. The summed E-state index contributed by atoms with van der Waals surface area (Å²) in [4.78, 5) is 25.9. The summed E-state index contributed by atoms with van der Waals surface area (Å²) >= 11 is 0. The van der Waals surface area contributed by atoms with Crippen LogP contribution in [-0.4, -0.2) is 24.1 Å². The zero-order valence-electron chi connectivity index (χ0n) is 17.6. The zero-order valence-corrected chi connectivity index (χ0v) is 17.6. The largest absolute Gasteiger partial charge is 0.455 e. The van der Waals surface area contributed by atoms with Crippen LogP contribution in [-0.2, 0) is 15.9 Å². The molecule has 0 spiro atoms. The minimum absolute atomic E-state index is 0.162. The number of hydrogen-bond donors (Lipinski definition) is 0. The maximum Gasteiger partial charge on any atom is 0.338 e. The molecule has 0 heterocycles. The molecule has 4 nitrogen and oxygen atoms in total. The highest BCUT2D eigenvalue weighted by molar-refractivity contribution is 5.90. The second-order valence-electron chi connectivity index (χ2n) is 9.13. The van der Waals surface area contributed by atoms with Gasteiger partial charge < -0.3 is 9.47 Å². The molecule has 2 fully saturated rings. The highest BCUT2D eigenvalue weighted by Gasteiger charge is 2.63. The van der Waals surface area contributed by atoms with E-state index in [9.17, 15) is 9.59 Å². The van der Waals surface area contributed by atoms with Crippen LogP contribution in [0.4, 0.5) is 0 Å². The van der Waals surface area contributed by atoms with Gasteiger partial charge in [-0.25, -0.2) is 9.59 Å². The molecule has 4 heteroatoms. The van der Waals surface area contributed by atoms with Crippen LogP contribution >= 0.6 is 0 Å². The van der Waals surface area contributed by atoms with E-state index in [4.69, 9.17) is 9.47 Å². The Balaban J connectivity index is 1.32. The molecule has 0 unspecified atom stereocenters. The van der Waals surface area contributed by atoms with Gasteiger partial charge in [0, 0.05) is 11.8 Å². The van der Waals surface area contributed by atoms with E-state index in [2.05, 4.69) is 24.3 Å². The fraction of sp³-hybridized carbons (Fsp3) is 0.286. The third-order valence-corrected chi connectivity index (χ3v) is 7.56. The van der Waals surface area contributed by atoms with Gasteiger partial charge in [-0.1, -0.05) is 60.7 Å². The second-order valence-corrected chi connectivity index (χ2v) is 9.13. The summed E-state index contributed by atoms with van der Waals surface area (Å²) in [5.74, 6) is 0.435. The molecule has 0 aliphatic heterocycles. The van der Waals surface area contributed by atoms with Crippen LogP contribution in [0.5, 0.6) is 0 Å². The van der Waals surface area contributed by atoms with Gasteiger partial charge in [0.2, 0.25) is 0 Å². The van der Waals surface area contributed by atoms with Crippen molar-refractivity contribution in [1.29, 1.82) is 0 Å². The van der Waals surface area contributed by atoms with Crippen molar-refractivity contribution < 1.29 is 19.1 Å². The SMILES string of the molecule is O=C(O[C@@H]1[C@@H]2C[C@H]([C@@H]1OC(=O)c1ccccc1)[C@H]1c3ccccc3C[C@@H]21)c1ccccc1. The quantitative estimate of drug-likeness (QED) is 0.551. The van der Waals surface area contributed by atoms with Gasteiger partial charge in [-0.15, -0.1) is 0 Å². The number of carbonyl (C=O) groups excluding carboxylic acids is 2. The van der Waals surface area contributed by atoms with Crippen molar-refractivity contribution in [2.24, 2.45) is 17.8 Å². The van der Waals surface area contributed by atoms with Crippen molar-refractivity contribution in [1.82, 2.24) is 0 Å². The lowest BCUT2D eigenvalue weighted by atomic mass is 9.76. The van der Waals surface area contributed by atoms with Crippen LogP contribution in [0.1, 0.15) is 44.2 Å². The van der Waals surface area contributed by atoms with Crippen molar-refractivity contribution in [2.45, 2.75) is 31.0 Å². The van der Waals surface area contributed by atoms with Crippen LogP contribution in [0.3, 0.4) is 0 Å². The lowest BCUT2D eigenvalue weighted by Crippen LogP contribution is -2.45. The average Bonchev–Trinajstić information content (AvgIpc) is 3.50. The van der Waals surface area contributed by atoms with Crippen molar-refractivity contribution >= 4 is 11.9 Å². The van der Waals surface area contributed by atoms with E-state index < -0.39 is 12.2 Å². The molecular formula is C28H24O4. The highest BCUT2D eigenvalue weighted by atomic mass is 16.6. The molecule has 0 saturated heterocycles. The van der Waals surface area contributed by atoms with Gasteiger partial charge in [0.05, 0.1) is 11.1 Å². The number of fused-ring (bicyclic) bond motifs is 7. The average molecular weight is 424 g/mol. The molecule has 0 aromatic heterocycles. The first-order chi connectivity index (χ1) is 15.7. The molecule has 160 valence electrons. The van der Waals surface area contributed by atoms with E-state index in [-0.39, 0.29) is 23.8 Å². The number of esters is 2. The monoisotopic (exact) mass is 424 g/mol. The van der Waals surface area contributed by atoms with Crippen LogP contribution in [0.25, 0.3) is 0 Å². The Bertz CT molecular complexity index is 1160.